The lowest BCUT2D eigenvalue weighted by Crippen LogP contribution is -2.39. The lowest BCUT2D eigenvalue weighted by Gasteiger charge is -2.25. The molecule has 6 heteroatoms. The highest BCUT2D eigenvalue weighted by Crippen LogP contribution is 2.21. The van der Waals surface area contributed by atoms with Gasteiger partial charge in [-0.25, -0.2) is 0 Å². The second-order valence-corrected chi connectivity index (χ2v) is 5.67. The molecule has 0 aliphatic heterocycles. The van der Waals surface area contributed by atoms with Crippen molar-refractivity contribution in [1.29, 1.82) is 0 Å². The van der Waals surface area contributed by atoms with E-state index in [9.17, 15) is 9.59 Å². The minimum atomic E-state index is -0.610. The van der Waals surface area contributed by atoms with Crippen molar-refractivity contribution in [3.63, 3.8) is 0 Å². The third kappa shape index (κ3) is 5.63. The Kier molecular flexibility index (Phi) is 6.03. The van der Waals surface area contributed by atoms with Gasteiger partial charge in [-0.2, -0.15) is 0 Å². The lowest BCUT2D eigenvalue weighted by atomic mass is 10.2. The molecule has 0 N–H and O–H groups in total. The molecule has 0 aliphatic carbocycles. The Labute approximate surface area is 129 Å². The van der Waals surface area contributed by atoms with E-state index in [2.05, 4.69) is 0 Å². The molecule has 1 rings (SSSR count). The first-order valence-electron chi connectivity index (χ1n) is 6.49. The molecule has 0 radical (unpaired) electrons. The summed E-state index contributed by atoms with van der Waals surface area (Å²) in [4.78, 5) is 25.2. The van der Waals surface area contributed by atoms with Crippen molar-refractivity contribution in [2.24, 2.45) is 0 Å². The van der Waals surface area contributed by atoms with Crippen LogP contribution in [-0.2, 0) is 14.3 Å². The Morgan fingerprint density at radius 3 is 2.48 bits per heavy atom. The van der Waals surface area contributed by atoms with Crippen LogP contribution >= 0.6 is 11.6 Å². The van der Waals surface area contributed by atoms with E-state index >= 15 is 0 Å². The second kappa shape index (κ2) is 7.31. The molecule has 0 unspecified atom stereocenters. The van der Waals surface area contributed by atoms with E-state index < -0.39 is 11.6 Å². The van der Waals surface area contributed by atoms with Gasteiger partial charge >= 0.3 is 5.97 Å². The molecule has 0 atom stereocenters. The molecular formula is C15H20ClNO4. The molecule has 5 nitrogen and oxygen atoms in total. The fraction of sp³-hybridized carbons (Fsp3) is 0.467. The third-order valence-electron chi connectivity index (χ3n) is 2.49. The lowest BCUT2D eigenvalue weighted by molar-refractivity contribution is -0.153. The average molecular weight is 314 g/mol. The van der Waals surface area contributed by atoms with Crippen molar-refractivity contribution in [3.8, 4) is 5.75 Å². The highest BCUT2D eigenvalue weighted by atomic mass is 35.5. The number of esters is 1. The van der Waals surface area contributed by atoms with Gasteiger partial charge in [0.2, 0.25) is 5.91 Å². The topological polar surface area (TPSA) is 55.8 Å². The summed E-state index contributed by atoms with van der Waals surface area (Å²) >= 11 is 5.61. The average Bonchev–Trinajstić information content (AvgIpc) is 2.42. The largest absolute Gasteiger partial charge is 0.497 e. The van der Waals surface area contributed by atoms with Gasteiger partial charge in [-0.3, -0.25) is 9.59 Å². The summed E-state index contributed by atoms with van der Waals surface area (Å²) < 4.78 is 10.4. The van der Waals surface area contributed by atoms with Crippen LogP contribution in [0.4, 0.5) is 5.69 Å². The SMILES string of the molecule is COc1cccc(N(CC(=O)OC(C)(C)C)C(=O)CCl)c1. The fourth-order valence-electron chi connectivity index (χ4n) is 1.68. The number of methoxy groups -OCH3 is 1. The highest BCUT2D eigenvalue weighted by Gasteiger charge is 2.23. The number of hydrogen-bond acceptors (Lipinski definition) is 4. The van der Waals surface area contributed by atoms with Crippen LogP contribution in [0.3, 0.4) is 0 Å². The maximum absolute atomic E-state index is 12.0. The van der Waals surface area contributed by atoms with Gasteiger partial charge in [0.25, 0.3) is 0 Å². The van der Waals surface area contributed by atoms with Gasteiger partial charge in [-0.15, -0.1) is 11.6 Å². The smallest absolute Gasteiger partial charge is 0.326 e. The summed E-state index contributed by atoms with van der Waals surface area (Å²) in [5.41, 5.74) is -0.0768. The van der Waals surface area contributed by atoms with E-state index in [1.165, 1.54) is 12.0 Å². The number of carbonyl (C=O) groups excluding carboxylic acids is 2. The summed E-state index contributed by atoms with van der Waals surface area (Å²) in [5.74, 6) is -0.511. The van der Waals surface area contributed by atoms with Gasteiger partial charge in [-0.05, 0) is 32.9 Å². The number of anilines is 1. The Morgan fingerprint density at radius 2 is 1.95 bits per heavy atom. The van der Waals surface area contributed by atoms with Crippen molar-refractivity contribution in [2.45, 2.75) is 26.4 Å². The molecule has 116 valence electrons. The van der Waals surface area contributed by atoms with E-state index in [-0.39, 0.29) is 18.3 Å². The van der Waals surface area contributed by atoms with E-state index in [0.29, 0.717) is 11.4 Å². The molecule has 0 saturated carbocycles. The van der Waals surface area contributed by atoms with Crippen molar-refractivity contribution >= 4 is 29.2 Å². The highest BCUT2D eigenvalue weighted by molar-refractivity contribution is 6.29. The number of benzene rings is 1. The van der Waals surface area contributed by atoms with Crippen molar-refractivity contribution in [1.82, 2.24) is 0 Å². The number of carbonyl (C=O) groups is 2. The summed E-state index contributed by atoms with van der Waals surface area (Å²) in [6.07, 6.45) is 0. The molecule has 0 aromatic heterocycles. The molecule has 0 fully saturated rings. The standard InChI is InChI=1S/C15H20ClNO4/c1-15(2,3)21-14(19)10-17(13(18)9-16)11-6-5-7-12(8-11)20-4/h5-8H,9-10H2,1-4H3. The molecular weight excluding hydrogens is 294 g/mol. The number of hydrogen-bond donors (Lipinski definition) is 0. The number of nitrogens with zero attached hydrogens (tertiary/aromatic N) is 1. The number of ether oxygens (including phenoxy) is 2. The minimum absolute atomic E-state index is 0.198. The van der Waals surface area contributed by atoms with Crippen molar-refractivity contribution < 1.29 is 19.1 Å². The Hall–Kier alpha value is -1.75. The zero-order chi connectivity index (χ0) is 16.0. The molecule has 0 aliphatic rings. The molecule has 0 spiro atoms. The zero-order valence-electron chi connectivity index (χ0n) is 12.7. The summed E-state index contributed by atoms with van der Waals surface area (Å²) in [5, 5.41) is 0. The normalized spacial score (nSPS) is 10.9. The maximum atomic E-state index is 12.0. The fourth-order valence-corrected chi connectivity index (χ4v) is 1.82. The van der Waals surface area contributed by atoms with Crippen LogP contribution in [0.15, 0.2) is 24.3 Å². The number of rotatable bonds is 5. The van der Waals surface area contributed by atoms with Gasteiger partial charge in [0, 0.05) is 11.8 Å². The number of amides is 1. The summed E-state index contributed by atoms with van der Waals surface area (Å²) in [6.45, 7) is 5.11. The summed E-state index contributed by atoms with van der Waals surface area (Å²) in [6, 6.07) is 6.85. The Morgan fingerprint density at radius 1 is 1.29 bits per heavy atom. The molecule has 0 saturated heterocycles. The third-order valence-corrected chi connectivity index (χ3v) is 2.72. The predicted molar refractivity (Wildman–Crippen MR) is 81.9 cm³/mol. The minimum Gasteiger partial charge on any atom is -0.497 e. The van der Waals surface area contributed by atoms with Crippen LogP contribution in [-0.4, -0.2) is 37.0 Å². The zero-order valence-corrected chi connectivity index (χ0v) is 13.4. The van der Waals surface area contributed by atoms with Crippen LogP contribution in [0.25, 0.3) is 0 Å². The van der Waals surface area contributed by atoms with Crippen LogP contribution in [0.5, 0.6) is 5.75 Å². The van der Waals surface area contributed by atoms with E-state index in [1.807, 2.05) is 0 Å². The summed E-state index contributed by atoms with van der Waals surface area (Å²) in [7, 11) is 1.53. The molecule has 0 bridgehead atoms. The maximum Gasteiger partial charge on any atom is 0.326 e. The van der Waals surface area contributed by atoms with Gasteiger partial charge in [0.1, 0.15) is 23.8 Å². The first kappa shape index (κ1) is 17.3. The molecule has 21 heavy (non-hydrogen) atoms. The molecule has 1 aromatic rings. The molecule has 0 heterocycles. The predicted octanol–water partition coefficient (Wildman–Crippen LogP) is 2.61. The Bertz CT molecular complexity index is 511. The van der Waals surface area contributed by atoms with E-state index in [4.69, 9.17) is 21.1 Å². The van der Waals surface area contributed by atoms with Crippen molar-refractivity contribution in [3.05, 3.63) is 24.3 Å². The van der Waals surface area contributed by atoms with Crippen molar-refractivity contribution in [2.75, 3.05) is 24.4 Å². The van der Waals surface area contributed by atoms with Crippen LogP contribution < -0.4 is 9.64 Å². The van der Waals surface area contributed by atoms with Gasteiger partial charge < -0.3 is 14.4 Å². The van der Waals surface area contributed by atoms with Gasteiger partial charge in [0.05, 0.1) is 7.11 Å². The van der Waals surface area contributed by atoms with Gasteiger partial charge in [0.15, 0.2) is 0 Å². The first-order chi connectivity index (χ1) is 9.76. The Balaban J connectivity index is 2.95. The van der Waals surface area contributed by atoms with Crippen LogP contribution in [0.2, 0.25) is 0 Å². The van der Waals surface area contributed by atoms with E-state index in [1.54, 1.807) is 45.0 Å². The molecule has 1 aromatic carbocycles. The van der Waals surface area contributed by atoms with Crippen LogP contribution in [0.1, 0.15) is 20.8 Å². The van der Waals surface area contributed by atoms with E-state index in [0.717, 1.165) is 0 Å². The molecule has 1 amide bonds. The second-order valence-electron chi connectivity index (χ2n) is 5.40. The number of halogens is 1. The van der Waals surface area contributed by atoms with Gasteiger partial charge in [-0.1, -0.05) is 6.07 Å². The first-order valence-corrected chi connectivity index (χ1v) is 7.02. The quantitative estimate of drug-likeness (QED) is 0.619. The number of alkyl halides is 1. The monoisotopic (exact) mass is 313 g/mol. The van der Waals surface area contributed by atoms with Crippen LogP contribution in [0, 0.1) is 0 Å².